The van der Waals surface area contributed by atoms with Crippen molar-refractivity contribution >= 4 is 159 Å². The van der Waals surface area contributed by atoms with E-state index in [1.165, 1.54) is 168 Å². The van der Waals surface area contributed by atoms with Gasteiger partial charge in [-0.15, -0.1) is 0 Å². The summed E-state index contributed by atoms with van der Waals surface area (Å²) < 4.78 is 4.20. The number of methoxy groups -OCH3 is 1. The fraction of sp³-hybridized carbons (Fsp3) is 0.882. The maximum absolute atomic E-state index is 11.1. The first-order chi connectivity index (χ1) is 63.5. The molecular formula is C93H194Cl10N10O22Pt5+10. The molecule has 5 aliphatic carbocycles. The number of ketones is 3. The molecule has 32 nitrogen and oxygen atoms in total. The van der Waals surface area contributed by atoms with Crippen LogP contribution in [0.1, 0.15) is 385 Å². The molecule has 0 amide bonds. The first-order valence-electron chi connectivity index (χ1n) is 46.0. The molecule has 30 N–H and O–H groups in total. The van der Waals surface area contributed by atoms with E-state index in [0.717, 1.165) is 72.4 Å². The van der Waals surface area contributed by atoms with Crippen LogP contribution in [0, 0.1) is 54.1 Å². The first-order valence-corrected chi connectivity index (χ1v) is 74.2. The number of Topliss-reactive ketones (excluding diaryl/α,β-unsaturated/α-hetero) is 3. The zero-order valence-corrected chi connectivity index (χ0v) is 108. The van der Waals surface area contributed by atoms with Gasteiger partial charge >= 0.3 is 218 Å². The van der Waals surface area contributed by atoms with Crippen LogP contribution in [0.5, 0.6) is 0 Å². The summed E-state index contributed by atoms with van der Waals surface area (Å²) in [5.74, 6) is -6.56. The second-order valence-electron chi connectivity index (χ2n) is 41.9. The van der Waals surface area contributed by atoms with Crippen molar-refractivity contribution in [1.82, 2.24) is 0 Å². The van der Waals surface area contributed by atoms with Crippen LogP contribution < -0.4 is 57.3 Å². The molecule has 5 fully saturated rings. The van der Waals surface area contributed by atoms with Gasteiger partial charge in [0.05, 0.1) is 66.8 Å². The number of ether oxygens (including phenoxy) is 1. The van der Waals surface area contributed by atoms with E-state index in [2.05, 4.69) is 4.74 Å². The predicted octanol–water partition coefficient (Wildman–Crippen LogP) is 20.2. The van der Waals surface area contributed by atoms with Crippen molar-refractivity contribution in [3.63, 3.8) is 0 Å². The normalized spacial score (nSPS) is 15.3. The Labute approximate surface area is 926 Å². The van der Waals surface area contributed by atoms with E-state index in [1.54, 1.807) is 166 Å². The summed E-state index contributed by atoms with van der Waals surface area (Å²) >= 11 is -2.36. The zero-order chi connectivity index (χ0) is 114. The summed E-state index contributed by atoms with van der Waals surface area (Å²) in [7, 11) is 50.0. The monoisotopic (exact) mass is 3130 g/mol. The molecule has 0 atom stereocenters. The summed E-state index contributed by atoms with van der Waals surface area (Å²) in [6.45, 7) is 50.7. The minimum atomic E-state index is -0.986. The molecule has 0 aliphatic heterocycles. The quantitative estimate of drug-likeness (QED) is 0.0448. The predicted molar refractivity (Wildman–Crippen MR) is 563 cm³/mol. The third-order valence-electron chi connectivity index (χ3n) is 20.2. The molecule has 0 aromatic carbocycles. The number of nitrogens with two attached hydrogens (primary N) is 10. The molecule has 0 saturated heterocycles. The van der Waals surface area contributed by atoms with E-state index in [9.17, 15) is 47.9 Å². The molecule has 0 aromatic heterocycles. The number of halogens is 10. The van der Waals surface area contributed by atoms with Gasteiger partial charge in [-0.2, -0.15) is 0 Å². The summed E-state index contributed by atoms with van der Waals surface area (Å²) in [5, 5.41) is 82.4. The van der Waals surface area contributed by atoms with E-state index < -0.39 is 174 Å². The van der Waals surface area contributed by atoms with Gasteiger partial charge in [0.2, 0.25) is 0 Å². The van der Waals surface area contributed by atoms with E-state index in [0.29, 0.717) is 27.1 Å². The van der Waals surface area contributed by atoms with Crippen LogP contribution in [-0.2, 0) is 140 Å². The summed E-state index contributed by atoms with van der Waals surface area (Å²) in [5.41, 5.74) is 54.4. The number of aliphatic carboxylic acids is 7. The van der Waals surface area contributed by atoms with Crippen LogP contribution in [0.25, 0.3) is 0 Å². The van der Waals surface area contributed by atoms with Crippen LogP contribution >= 0.6 is 94.2 Å². The Morgan fingerprint density at radius 1 is 0.243 bits per heavy atom. The van der Waals surface area contributed by atoms with Crippen LogP contribution in [0.3, 0.4) is 0 Å². The standard InChI is InChI=1S/5C8H18N2.3C8H14O3.C5H8O4.2C5H10O2.3C4H10O.C2H4O2.10ClH.5Pt/c5*9-6-8(7-10)4-2-1-3-5-8;3*1-8(2,3)6(9)4-5-7(10)11;1-9-5(8)3-2-4(6)7;2*1-5(2,3)4(6)7;3*1-4(2,3)5;1-2(3)4;;;;;;;;;;;;;;;/h5*1-7,9-10H2;3*4-5H2,1-3H3,(H,10,11);2-3H2,1H3,(H,6,7);2*1-3H3,(H,6,7);3*5H,1-3H3;1H3,(H,3,4);10*1H;;;;;/q;;;;;;;;;;;;;;;;;;;;;;;;;5*+4/p-10. The Morgan fingerprint density at radius 3 is 0.407 bits per heavy atom. The van der Waals surface area contributed by atoms with Crippen molar-refractivity contribution in [1.29, 1.82) is 0 Å². The van der Waals surface area contributed by atoms with Gasteiger partial charge in [-0.05, 0) is 261 Å². The second kappa shape index (κ2) is 104. The topological polar surface area (TPSA) is 659 Å². The molecule has 0 spiro atoms. The number of carboxylic acid groups (broad SMARTS) is 7. The number of hydrogen-bond acceptors (Lipinski definition) is 25. The average molecular weight is 3130 g/mol. The number of hydrogen-bond donors (Lipinski definition) is 20. The first kappa shape index (κ1) is 174. The number of aliphatic hydroxyl groups is 3. The van der Waals surface area contributed by atoms with Crippen molar-refractivity contribution in [3.8, 4) is 0 Å². The molecule has 0 unspecified atom stereocenters. The summed E-state index contributed by atoms with van der Waals surface area (Å²) in [6, 6.07) is 0. The zero-order valence-electron chi connectivity index (χ0n) is 88.9. The fourth-order valence-electron chi connectivity index (χ4n) is 11.1. The molecule has 140 heavy (non-hydrogen) atoms. The SMILES string of the molecule is CC(=O)O.CC(C)(C)C(=O)CCC(=O)O.CC(C)(C)C(=O)CCC(=O)O.CC(C)(C)C(=O)CCC(=O)O.CC(C)(C)C(=O)O.CC(C)(C)C(=O)O.CC(C)(C)O.CC(C)(C)O.CC(C)(C)O.COC(=O)CCC(=O)O.NCC1(CN)CCCCC1.NCC1(CN)CCCCC1.NCC1(CN)CCCCC1.NCC1(CN)CCCCC1.NCC1(CN)CCCCC1.[Cl][Pt+2][Cl].[Cl][Pt+2][Cl].[Cl][Pt+2][Cl].[Cl][Pt+2][Cl].[Cl][Pt+2][Cl]. The minimum absolute atomic E-state index is 0.0000926. The summed E-state index contributed by atoms with van der Waals surface area (Å²) in [4.78, 5) is 113. The number of rotatable bonds is 22. The molecule has 47 heteroatoms. The molecule has 5 rings (SSSR count). The van der Waals surface area contributed by atoms with E-state index in [4.69, 9.17) is 207 Å². The van der Waals surface area contributed by atoms with Gasteiger partial charge in [-0.3, -0.25) is 52.7 Å². The van der Waals surface area contributed by atoms with Crippen LogP contribution in [-0.4, -0.2) is 206 Å². The molecule has 0 bridgehead atoms. The molecule has 0 heterocycles. The summed E-state index contributed by atoms with van der Waals surface area (Å²) in [6.07, 6.45) is 32.7. The van der Waals surface area contributed by atoms with Gasteiger partial charge < -0.3 is 113 Å². The van der Waals surface area contributed by atoms with E-state index in [-0.39, 0.29) is 68.7 Å². The molecule has 0 aromatic rings. The van der Waals surface area contributed by atoms with Crippen LogP contribution in [0.2, 0.25) is 0 Å². The third kappa shape index (κ3) is 149. The Kier molecular flexibility index (Phi) is 129. The Morgan fingerprint density at radius 2 is 0.343 bits per heavy atom. The van der Waals surface area contributed by atoms with Crippen molar-refractivity contribution < 1.29 is 191 Å². The van der Waals surface area contributed by atoms with Gasteiger partial charge in [0.1, 0.15) is 17.3 Å². The molecule has 5 saturated carbocycles. The van der Waals surface area contributed by atoms with Crippen molar-refractivity contribution in [3.05, 3.63) is 0 Å². The average Bonchev–Trinajstić information content (AvgIpc) is 0.879. The van der Waals surface area contributed by atoms with Gasteiger partial charge in [-0.25, -0.2) is 0 Å². The van der Waals surface area contributed by atoms with E-state index in [1.807, 2.05) is 0 Å². The van der Waals surface area contributed by atoms with Crippen LogP contribution in [0.4, 0.5) is 0 Å². The van der Waals surface area contributed by atoms with Crippen molar-refractivity contribution in [2.75, 3.05) is 72.6 Å². The fourth-order valence-corrected chi connectivity index (χ4v) is 11.1. The molecule has 5 aliphatic rings. The number of carbonyl (C=O) groups excluding carboxylic acids is 4. The van der Waals surface area contributed by atoms with Gasteiger partial charge in [0.15, 0.2) is 0 Å². The Hall–Kier alpha value is 0.592. The van der Waals surface area contributed by atoms with Gasteiger partial charge in [-0.1, -0.05) is 159 Å². The van der Waals surface area contributed by atoms with Crippen molar-refractivity contribution in [2.24, 2.45) is 111 Å². The third-order valence-corrected chi connectivity index (χ3v) is 20.2. The Bertz CT molecular complexity index is 2620. The Balaban J connectivity index is -0.0000000916. The molecule has 858 valence electrons. The maximum atomic E-state index is 11.1. The number of carboxylic acids is 7. The van der Waals surface area contributed by atoms with Crippen LogP contribution in [0.15, 0.2) is 0 Å². The molecular weight excluding hydrogens is 2940 g/mol. The van der Waals surface area contributed by atoms with E-state index >= 15 is 0 Å². The second-order valence-corrected chi connectivity index (χ2v) is 58.3. The van der Waals surface area contributed by atoms with Crippen molar-refractivity contribution in [2.45, 2.75) is 402 Å². The van der Waals surface area contributed by atoms with Gasteiger partial charge in [0, 0.05) is 42.4 Å². The molecule has 0 radical (unpaired) electrons. The number of carbonyl (C=O) groups is 11. The number of esters is 1. The van der Waals surface area contributed by atoms with Gasteiger partial charge in [0.25, 0.3) is 5.97 Å².